The van der Waals surface area contributed by atoms with Crippen LogP contribution in [0.15, 0.2) is 72.8 Å². The van der Waals surface area contributed by atoms with Crippen molar-refractivity contribution in [2.75, 3.05) is 18.5 Å². The highest BCUT2D eigenvalue weighted by Gasteiger charge is 2.35. The van der Waals surface area contributed by atoms with Gasteiger partial charge >= 0.3 is 5.97 Å². The van der Waals surface area contributed by atoms with Crippen molar-refractivity contribution < 1.29 is 23.9 Å². The fourth-order valence-electron chi connectivity index (χ4n) is 4.26. The predicted molar refractivity (Wildman–Crippen MR) is 121 cm³/mol. The third kappa shape index (κ3) is 3.82. The maximum absolute atomic E-state index is 13.6. The Bertz CT molecular complexity index is 1240. The summed E-state index contributed by atoms with van der Waals surface area (Å²) >= 11 is 0. The van der Waals surface area contributed by atoms with Crippen molar-refractivity contribution in [3.05, 3.63) is 95.1 Å². The van der Waals surface area contributed by atoms with Crippen LogP contribution in [0.1, 0.15) is 37.9 Å². The number of para-hydroxylation sites is 2. The van der Waals surface area contributed by atoms with Crippen molar-refractivity contribution in [2.24, 2.45) is 0 Å². The van der Waals surface area contributed by atoms with E-state index < -0.39 is 18.2 Å². The molecule has 0 fully saturated rings. The van der Waals surface area contributed by atoms with E-state index in [9.17, 15) is 14.4 Å². The average Bonchev–Trinajstić information content (AvgIpc) is 2.87. The number of ether oxygens (including phenoxy) is 2. The molecule has 0 aromatic heterocycles. The molecular formula is C26H22N2O5. The van der Waals surface area contributed by atoms with E-state index in [-0.39, 0.29) is 18.4 Å². The molecule has 2 atom stereocenters. The largest absolute Gasteiger partial charge is 0.477 e. The molecule has 0 saturated heterocycles. The molecule has 2 aliphatic rings. The Morgan fingerprint density at radius 1 is 0.970 bits per heavy atom. The quantitative estimate of drug-likeness (QED) is 0.630. The topological polar surface area (TPSA) is 84.9 Å². The maximum Gasteiger partial charge on any atom is 0.339 e. The highest BCUT2D eigenvalue weighted by atomic mass is 16.5. The van der Waals surface area contributed by atoms with E-state index in [0.29, 0.717) is 29.0 Å². The summed E-state index contributed by atoms with van der Waals surface area (Å²) in [4.78, 5) is 40.0. The first-order valence-corrected chi connectivity index (χ1v) is 10.7. The van der Waals surface area contributed by atoms with Crippen LogP contribution in [0.3, 0.4) is 0 Å². The minimum absolute atomic E-state index is 0.0846. The van der Waals surface area contributed by atoms with Gasteiger partial charge in [-0.3, -0.25) is 9.59 Å². The number of nitrogens with one attached hydrogen (secondary N) is 1. The first-order valence-electron chi connectivity index (χ1n) is 10.7. The van der Waals surface area contributed by atoms with Crippen LogP contribution in [0.25, 0.3) is 0 Å². The summed E-state index contributed by atoms with van der Waals surface area (Å²) in [6.45, 7) is 0.0846. The second kappa shape index (κ2) is 8.43. The monoisotopic (exact) mass is 442 g/mol. The van der Waals surface area contributed by atoms with E-state index in [1.807, 2.05) is 36.4 Å². The number of cyclic esters (lactones) is 1. The molecular weight excluding hydrogens is 420 g/mol. The third-order valence-corrected chi connectivity index (χ3v) is 5.96. The lowest BCUT2D eigenvalue weighted by atomic mass is 9.93. The SMILES string of the molecule is CNC(=O)[C@@H]1CN(C(=O)c2ccc3c(c2)C[C@H](c2ccccc2)OC3=O)c2ccccc2O1. The van der Waals surface area contributed by atoms with E-state index in [1.165, 1.54) is 7.05 Å². The summed E-state index contributed by atoms with van der Waals surface area (Å²) in [7, 11) is 1.53. The van der Waals surface area contributed by atoms with Crippen LogP contribution in [-0.4, -0.2) is 37.5 Å². The normalized spacial score (nSPS) is 18.9. The number of carbonyl (C=O) groups excluding carboxylic acids is 3. The Kier molecular flexibility index (Phi) is 5.30. The number of carbonyl (C=O) groups is 3. The Morgan fingerprint density at radius 2 is 1.73 bits per heavy atom. The van der Waals surface area contributed by atoms with Crippen molar-refractivity contribution in [1.29, 1.82) is 0 Å². The molecule has 1 N–H and O–H groups in total. The second-order valence-corrected chi connectivity index (χ2v) is 7.98. The Hall–Kier alpha value is -4.13. The van der Waals surface area contributed by atoms with Crippen LogP contribution < -0.4 is 15.0 Å². The molecule has 0 saturated carbocycles. The molecule has 7 nitrogen and oxygen atoms in total. The lowest BCUT2D eigenvalue weighted by Gasteiger charge is -2.34. The zero-order chi connectivity index (χ0) is 22.9. The molecule has 2 amide bonds. The molecule has 166 valence electrons. The van der Waals surface area contributed by atoms with E-state index in [2.05, 4.69) is 5.32 Å². The Labute approximate surface area is 190 Å². The van der Waals surface area contributed by atoms with Crippen molar-refractivity contribution in [2.45, 2.75) is 18.6 Å². The van der Waals surface area contributed by atoms with Crippen LogP contribution in [-0.2, 0) is 16.0 Å². The summed E-state index contributed by atoms with van der Waals surface area (Å²) in [5.74, 6) is -0.504. The van der Waals surface area contributed by atoms with Gasteiger partial charge in [-0.1, -0.05) is 42.5 Å². The minimum Gasteiger partial charge on any atom is -0.477 e. The Balaban J connectivity index is 1.47. The lowest BCUT2D eigenvalue weighted by molar-refractivity contribution is -0.127. The van der Waals surface area contributed by atoms with Gasteiger partial charge in [-0.15, -0.1) is 0 Å². The molecule has 3 aromatic carbocycles. The number of benzene rings is 3. The highest BCUT2D eigenvalue weighted by Crippen LogP contribution is 2.35. The van der Waals surface area contributed by atoms with Gasteiger partial charge in [0.05, 0.1) is 17.8 Å². The molecule has 0 radical (unpaired) electrons. The van der Waals surface area contributed by atoms with Crippen LogP contribution in [0.2, 0.25) is 0 Å². The van der Waals surface area contributed by atoms with Crippen molar-refractivity contribution in [1.82, 2.24) is 5.32 Å². The molecule has 0 bridgehead atoms. The van der Waals surface area contributed by atoms with Crippen molar-refractivity contribution in [3.8, 4) is 5.75 Å². The zero-order valence-electron chi connectivity index (χ0n) is 18.0. The minimum atomic E-state index is -0.816. The summed E-state index contributed by atoms with van der Waals surface area (Å²) in [6, 6.07) is 21.7. The van der Waals surface area contributed by atoms with Crippen LogP contribution >= 0.6 is 0 Å². The van der Waals surface area contributed by atoms with Crippen LogP contribution in [0.4, 0.5) is 5.69 Å². The first-order chi connectivity index (χ1) is 16.0. The van der Waals surface area contributed by atoms with Crippen LogP contribution in [0.5, 0.6) is 5.75 Å². The number of likely N-dealkylation sites (N-methyl/N-ethyl adjacent to an activating group) is 1. The molecule has 33 heavy (non-hydrogen) atoms. The van der Waals surface area contributed by atoms with E-state index in [1.54, 1.807) is 41.3 Å². The number of rotatable bonds is 3. The van der Waals surface area contributed by atoms with E-state index in [4.69, 9.17) is 9.47 Å². The second-order valence-electron chi connectivity index (χ2n) is 7.98. The molecule has 7 heteroatoms. The standard InChI is InChI=1S/C26H22N2O5/c1-27-24(29)23-15-28(20-9-5-6-10-21(20)32-23)25(30)17-11-12-19-18(13-17)14-22(33-26(19)31)16-7-3-2-4-8-16/h2-13,22-23H,14-15H2,1H3,(H,27,29)/t22-,23+/m1/s1. The summed E-state index contributed by atoms with van der Waals surface area (Å²) in [5.41, 5.74) is 3.16. The van der Waals surface area contributed by atoms with E-state index >= 15 is 0 Å². The first kappa shape index (κ1) is 20.8. The number of anilines is 1. The molecule has 0 unspecified atom stereocenters. The molecule has 0 spiro atoms. The number of hydrogen-bond acceptors (Lipinski definition) is 5. The number of amides is 2. The van der Waals surface area contributed by atoms with Gasteiger partial charge in [0, 0.05) is 19.0 Å². The molecule has 2 heterocycles. The number of fused-ring (bicyclic) bond motifs is 2. The van der Waals surface area contributed by atoms with Gasteiger partial charge in [-0.05, 0) is 41.5 Å². The molecule has 2 aliphatic heterocycles. The fourth-order valence-corrected chi connectivity index (χ4v) is 4.26. The van der Waals surface area contributed by atoms with Crippen molar-refractivity contribution >= 4 is 23.5 Å². The van der Waals surface area contributed by atoms with Gasteiger partial charge in [0.15, 0.2) is 6.10 Å². The molecule has 5 rings (SSSR count). The van der Waals surface area contributed by atoms with Gasteiger partial charge < -0.3 is 19.7 Å². The number of nitrogens with zero attached hydrogens (tertiary/aromatic N) is 1. The smallest absolute Gasteiger partial charge is 0.339 e. The maximum atomic E-state index is 13.6. The molecule has 0 aliphatic carbocycles. The van der Waals surface area contributed by atoms with E-state index in [0.717, 1.165) is 11.1 Å². The predicted octanol–water partition coefficient (Wildman–Crippen LogP) is 3.29. The van der Waals surface area contributed by atoms with Crippen LogP contribution in [0, 0.1) is 0 Å². The summed E-state index contributed by atoms with van der Waals surface area (Å²) < 4.78 is 11.4. The van der Waals surface area contributed by atoms with Gasteiger partial charge in [-0.2, -0.15) is 0 Å². The van der Waals surface area contributed by atoms with Crippen molar-refractivity contribution in [3.63, 3.8) is 0 Å². The highest BCUT2D eigenvalue weighted by molar-refractivity contribution is 6.08. The summed E-state index contributed by atoms with van der Waals surface area (Å²) in [5, 5.41) is 2.58. The summed E-state index contributed by atoms with van der Waals surface area (Å²) in [6.07, 6.45) is -0.741. The Morgan fingerprint density at radius 3 is 2.52 bits per heavy atom. The average molecular weight is 442 g/mol. The van der Waals surface area contributed by atoms with Gasteiger partial charge in [0.1, 0.15) is 11.9 Å². The molecule has 3 aromatic rings. The van der Waals surface area contributed by atoms with Gasteiger partial charge in [-0.25, -0.2) is 4.79 Å². The van der Waals surface area contributed by atoms with Gasteiger partial charge in [0.2, 0.25) is 0 Å². The lowest BCUT2D eigenvalue weighted by Crippen LogP contribution is -2.50. The number of hydrogen-bond donors (Lipinski definition) is 1. The third-order valence-electron chi connectivity index (χ3n) is 5.96. The number of esters is 1. The fraction of sp³-hybridized carbons (Fsp3) is 0.192. The van der Waals surface area contributed by atoms with Gasteiger partial charge in [0.25, 0.3) is 11.8 Å². The zero-order valence-corrected chi connectivity index (χ0v) is 18.0.